The van der Waals surface area contributed by atoms with E-state index in [1.165, 1.54) is 32.1 Å². The number of nitrogens with one attached hydrogen (secondary N) is 2. The molecule has 0 aromatic heterocycles. The van der Waals surface area contributed by atoms with Gasteiger partial charge in [-0.25, -0.2) is 0 Å². The molecule has 0 radical (unpaired) electrons. The van der Waals surface area contributed by atoms with E-state index in [2.05, 4.69) is 20.5 Å². The first-order valence-electron chi connectivity index (χ1n) is 8.55. The fraction of sp³-hybridized carbons (Fsp3) is 0.875. The van der Waals surface area contributed by atoms with Gasteiger partial charge in [0.15, 0.2) is 5.96 Å². The van der Waals surface area contributed by atoms with Crippen molar-refractivity contribution in [3.63, 3.8) is 0 Å². The van der Waals surface area contributed by atoms with Gasteiger partial charge in [-0.3, -0.25) is 9.79 Å². The van der Waals surface area contributed by atoms with Gasteiger partial charge in [-0.05, 0) is 32.1 Å². The SMILES string of the molecule is CN=C(NC1CC1)NC1CCN(C(=O)C2CCCCC2)C1. The van der Waals surface area contributed by atoms with E-state index in [-0.39, 0.29) is 0 Å². The molecule has 3 fully saturated rings. The van der Waals surface area contributed by atoms with Gasteiger partial charge in [-0.2, -0.15) is 0 Å². The maximum absolute atomic E-state index is 12.5. The van der Waals surface area contributed by atoms with Crippen LogP contribution in [0.3, 0.4) is 0 Å². The van der Waals surface area contributed by atoms with Crippen LogP contribution < -0.4 is 10.6 Å². The molecule has 3 rings (SSSR count). The molecular formula is C16H28N4O. The Labute approximate surface area is 127 Å². The number of rotatable bonds is 3. The minimum absolute atomic E-state index is 0.293. The van der Waals surface area contributed by atoms with Crippen LogP contribution in [-0.2, 0) is 4.79 Å². The zero-order valence-corrected chi connectivity index (χ0v) is 13.1. The summed E-state index contributed by atoms with van der Waals surface area (Å²) in [5.41, 5.74) is 0. The Morgan fingerprint density at radius 2 is 1.71 bits per heavy atom. The van der Waals surface area contributed by atoms with E-state index in [0.29, 0.717) is 23.9 Å². The Morgan fingerprint density at radius 3 is 2.38 bits per heavy atom. The highest BCUT2D eigenvalue weighted by Crippen LogP contribution is 2.26. The van der Waals surface area contributed by atoms with E-state index < -0.39 is 0 Å². The molecule has 2 N–H and O–H groups in total. The van der Waals surface area contributed by atoms with Gasteiger partial charge in [0, 0.05) is 38.1 Å². The summed E-state index contributed by atoms with van der Waals surface area (Å²) in [7, 11) is 1.82. The molecule has 1 saturated heterocycles. The van der Waals surface area contributed by atoms with E-state index in [4.69, 9.17) is 0 Å². The van der Waals surface area contributed by atoms with E-state index in [9.17, 15) is 4.79 Å². The quantitative estimate of drug-likeness (QED) is 0.612. The standard InChI is InChI=1S/C16H28N4O/c1-17-16(18-13-7-8-13)19-14-9-10-20(11-14)15(21)12-5-3-2-4-6-12/h12-14H,2-11H2,1H3,(H2,17,18,19). The lowest BCUT2D eigenvalue weighted by atomic mass is 9.88. The Balaban J connectivity index is 1.46. The van der Waals surface area contributed by atoms with E-state index in [1.54, 1.807) is 0 Å². The monoisotopic (exact) mass is 292 g/mol. The fourth-order valence-electron chi connectivity index (χ4n) is 3.47. The largest absolute Gasteiger partial charge is 0.354 e. The third-order valence-corrected chi connectivity index (χ3v) is 4.94. The predicted octanol–water partition coefficient (Wildman–Crippen LogP) is 1.49. The smallest absolute Gasteiger partial charge is 0.225 e. The van der Waals surface area contributed by atoms with Gasteiger partial charge < -0.3 is 15.5 Å². The predicted molar refractivity (Wildman–Crippen MR) is 84.2 cm³/mol. The van der Waals surface area contributed by atoms with Gasteiger partial charge in [0.2, 0.25) is 5.91 Å². The normalized spacial score (nSPS) is 27.8. The summed E-state index contributed by atoms with van der Waals surface area (Å²) < 4.78 is 0. The van der Waals surface area contributed by atoms with Gasteiger partial charge in [0.1, 0.15) is 0 Å². The average Bonchev–Trinajstić information content (AvgIpc) is 3.22. The van der Waals surface area contributed by atoms with Crippen LogP contribution in [-0.4, -0.2) is 49.0 Å². The van der Waals surface area contributed by atoms with Crippen molar-refractivity contribution in [2.24, 2.45) is 10.9 Å². The molecule has 1 atom stereocenters. The zero-order valence-electron chi connectivity index (χ0n) is 13.1. The molecule has 0 spiro atoms. The molecule has 3 aliphatic rings. The molecule has 1 heterocycles. The summed E-state index contributed by atoms with van der Waals surface area (Å²) in [4.78, 5) is 18.9. The van der Waals surface area contributed by atoms with Crippen molar-refractivity contribution in [1.29, 1.82) is 0 Å². The van der Waals surface area contributed by atoms with Gasteiger partial charge in [0.05, 0.1) is 0 Å². The topological polar surface area (TPSA) is 56.7 Å². The summed E-state index contributed by atoms with van der Waals surface area (Å²) >= 11 is 0. The molecule has 5 heteroatoms. The van der Waals surface area contributed by atoms with Crippen LogP contribution in [0.2, 0.25) is 0 Å². The molecule has 21 heavy (non-hydrogen) atoms. The third kappa shape index (κ3) is 3.89. The van der Waals surface area contributed by atoms with Gasteiger partial charge in [0.25, 0.3) is 0 Å². The summed E-state index contributed by atoms with van der Waals surface area (Å²) in [5.74, 6) is 1.58. The number of likely N-dealkylation sites (tertiary alicyclic amines) is 1. The molecule has 0 bridgehead atoms. The van der Waals surface area contributed by atoms with Crippen molar-refractivity contribution in [3.8, 4) is 0 Å². The molecule has 1 aliphatic heterocycles. The Kier molecular flexibility index (Phi) is 4.66. The second-order valence-corrected chi connectivity index (χ2v) is 6.74. The zero-order chi connectivity index (χ0) is 14.7. The molecule has 1 unspecified atom stereocenters. The number of guanidine groups is 1. The number of carbonyl (C=O) groups excluding carboxylic acids is 1. The summed E-state index contributed by atoms with van der Waals surface area (Å²) in [6.07, 6.45) is 9.47. The molecule has 5 nitrogen and oxygen atoms in total. The number of hydrogen-bond acceptors (Lipinski definition) is 2. The second kappa shape index (κ2) is 6.67. The minimum Gasteiger partial charge on any atom is -0.354 e. The van der Waals surface area contributed by atoms with Crippen molar-refractivity contribution < 1.29 is 4.79 Å². The summed E-state index contributed by atoms with van der Waals surface area (Å²) in [6, 6.07) is 0.958. The van der Waals surface area contributed by atoms with E-state index >= 15 is 0 Å². The number of amides is 1. The fourth-order valence-corrected chi connectivity index (χ4v) is 3.47. The van der Waals surface area contributed by atoms with Gasteiger partial charge in [-0.1, -0.05) is 19.3 Å². The average molecular weight is 292 g/mol. The van der Waals surface area contributed by atoms with Crippen LogP contribution in [0, 0.1) is 5.92 Å². The maximum atomic E-state index is 12.5. The van der Waals surface area contributed by atoms with E-state index in [1.807, 2.05) is 7.05 Å². The number of aliphatic imine (C=N–C) groups is 1. The number of carbonyl (C=O) groups is 1. The first kappa shape index (κ1) is 14.7. The molecule has 118 valence electrons. The van der Waals surface area contributed by atoms with Crippen molar-refractivity contribution in [3.05, 3.63) is 0 Å². The lowest BCUT2D eigenvalue weighted by Crippen LogP contribution is -2.46. The first-order valence-corrected chi connectivity index (χ1v) is 8.55. The highest BCUT2D eigenvalue weighted by molar-refractivity contribution is 5.81. The van der Waals surface area contributed by atoms with Crippen LogP contribution in [0.1, 0.15) is 51.4 Å². The highest BCUT2D eigenvalue weighted by Gasteiger charge is 2.32. The second-order valence-electron chi connectivity index (χ2n) is 6.74. The highest BCUT2D eigenvalue weighted by atomic mass is 16.2. The van der Waals surface area contributed by atoms with Crippen molar-refractivity contribution in [2.75, 3.05) is 20.1 Å². The Hall–Kier alpha value is -1.26. The lowest BCUT2D eigenvalue weighted by molar-refractivity contribution is -0.135. The summed E-state index contributed by atoms with van der Waals surface area (Å²) in [5, 5.41) is 6.88. The molecule has 2 aliphatic carbocycles. The van der Waals surface area contributed by atoms with Crippen LogP contribution in [0.25, 0.3) is 0 Å². The molecule has 1 amide bonds. The number of hydrogen-bond donors (Lipinski definition) is 2. The third-order valence-electron chi connectivity index (χ3n) is 4.94. The van der Waals surface area contributed by atoms with Crippen molar-refractivity contribution in [2.45, 2.75) is 63.5 Å². The van der Waals surface area contributed by atoms with Gasteiger partial charge >= 0.3 is 0 Å². The van der Waals surface area contributed by atoms with Crippen LogP contribution >= 0.6 is 0 Å². The lowest BCUT2D eigenvalue weighted by Gasteiger charge is -2.26. The minimum atomic E-state index is 0.293. The van der Waals surface area contributed by atoms with Crippen molar-refractivity contribution >= 4 is 11.9 Å². The molecule has 2 saturated carbocycles. The van der Waals surface area contributed by atoms with Crippen molar-refractivity contribution in [1.82, 2.24) is 15.5 Å². The maximum Gasteiger partial charge on any atom is 0.225 e. The van der Waals surface area contributed by atoms with Gasteiger partial charge in [-0.15, -0.1) is 0 Å². The van der Waals surface area contributed by atoms with Crippen LogP contribution in [0.4, 0.5) is 0 Å². The molecule has 0 aromatic carbocycles. The van der Waals surface area contributed by atoms with Crippen LogP contribution in [0.5, 0.6) is 0 Å². The molecule has 0 aromatic rings. The van der Waals surface area contributed by atoms with Crippen LogP contribution in [0.15, 0.2) is 4.99 Å². The Morgan fingerprint density at radius 1 is 1.00 bits per heavy atom. The summed E-state index contributed by atoms with van der Waals surface area (Å²) in [6.45, 7) is 1.73. The Bertz CT molecular complexity index is 399. The molecular weight excluding hydrogens is 264 g/mol. The van der Waals surface area contributed by atoms with E-state index in [0.717, 1.165) is 38.3 Å². The number of nitrogens with zero attached hydrogens (tertiary/aromatic N) is 2. The first-order chi connectivity index (χ1) is 10.3.